The average molecular weight is 421 g/mol. The number of anilines is 1. The molecule has 0 atom stereocenters. The maximum atomic E-state index is 12.7. The van der Waals surface area contributed by atoms with Crippen molar-refractivity contribution in [2.24, 2.45) is 0 Å². The Balaban J connectivity index is 2.13. The number of hydrogen-bond donors (Lipinski definition) is 3. The summed E-state index contributed by atoms with van der Waals surface area (Å²) in [5, 5.41) is 12.4. The number of carboxylic acids is 1. The van der Waals surface area contributed by atoms with E-state index in [1.807, 2.05) is 31.2 Å². The molecule has 158 valence electrons. The third-order valence-electron chi connectivity index (χ3n) is 4.48. The number of rotatable bonds is 12. The fraction of sp³-hybridized carbons (Fsp3) is 0.381. The van der Waals surface area contributed by atoms with Gasteiger partial charge in [-0.3, -0.25) is 0 Å². The number of hydrogen-bond acceptors (Lipinski definition) is 5. The Labute approximate surface area is 172 Å². The zero-order valence-corrected chi connectivity index (χ0v) is 17.6. The van der Waals surface area contributed by atoms with Crippen LogP contribution in [0.15, 0.2) is 47.4 Å². The van der Waals surface area contributed by atoms with Gasteiger partial charge in [-0.25, -0.2) is 17.9 Å². The third-order valence-corrected chi connectivity index (χ3v) is 5.98. The summed E-state index contributed by atoms with van der Waals surface area (Å²) in [5.41, 5.74) is 1.38. The van der Waals surface area contributed by atoms with Crippen molar-refractivity contribution in [2.45, 2.75) is 37.5 Å². The van der Waals surface area contributed by atoms with E-state index in [0.29, 0.717) is 25.2 Å². The molecule has 0 aromatic heterocycles. The first-order chi connectivity index (χ1) is 13.9. The van der Waals surface area contributed by atoms with Crippen molar-refractivity contribution in [3.63, 3.8) is 0 Å². The monoisotopic (exact) mass is 420 g/mol. The van der Waals surface area contributed by atoms with Crippen molar-refractivity contribution < 1.29 is 23.1 Å². The largest absolute Gasteiger partial charge is 0.497 e. The summed E-state index contributed by atoms with van der Waals surface area (Å²) < 4.78 is 33.2. The van der Waals surface area contributed by atoms with Gasteiger partial charge in [0.05, 0.1) is 18.4 Å². The summed E-state index contributed by atoms with van der Waals surface area (Å²) >= 11 is 0. The van der Waals surface area contributed by atoms with Crippen LogP contribution in [0.25, 0.3) is 0 Å². The second-order valence-electron chi connectivity index (χ2n) is 6.65. The lowest BCUT2D eigenvalue weighted by Crippen LogP contribution is -2.26. The predicted molar refractivity (Wildman–Crippen MR) is 113 cm³/mol. The number of aromatic carboxylic acids is 1. The fourth-order valence-electron chi connectivity index (χ4n) is 2.82. The molecule has 7 nitrogen and oxygen atoms in total. The SMILES string of the molecule is CCCCCNS(=O)(=O)c1cc(C(=O)O)ccc1NCCc1ccc(OC)cc1. The second kappa shape index (κ2) is 10.8. The van der Waals surface area contributed by atoms with Crippen LogP contribution in [0.4, 0.5) is 5.69 Å². The minimum absolute atomic E-state index is 0.0522. The van der Waals surface area contributed by atoms with Gasteiger partial charge in [0.1, 0.15) is 10.6 Å². The van der Waals surface area contributed by atoms with Gasteiger partial charge in [0, 0.05) is 13.1 Å². The molecule has 0 spiro atoms. The van der Waals surface area contributed by atoms with Gasteiger partial charge in [0.25, 0.3) is 0 Å². The molecule has 2 rings (SSSR count). The molecule has 29 heavy (non-hydrogen) atoms. The van der Waals surface area contributed by atoms with Gasteiger partial charge in [0.2, 0.25) is 10.0 Å². The highest BCUT2D eigenvalue weighted by Gasteiger charge is 2.20. The van der Waals surface area contributed by atoms with Gasteiger partial charge >= 0.3 is 5.97 Å². The summed E-state index contributed by atoms with van der Waals surface area (Å²) in [4.78, 5) is 11.2. The average Bonchev–Trinajstić information content (AvgIpc) is 2.71. The van der Waals surface area contributed by atoms with Gasteiger partial charge in [-0.05, 0) is 48.7 Å². The Morgan fingerprint density at radius 1 is 1.07 bits per heavy atom. The quantitative estimate of drug-likeness (QED) is 0.454. The van der Waals surface area contributed by atoms with E-state index in [-0.39, 0.29) is 10.5 Å². The minimum atomic E-state index is -3.82. The Kier molecular flexibility index (Phi) is 8.48. The van der Waals surface area contributed by atoms with Crippen LogP contribution < -0.4 is 14.8 Å². The molecule has 8 heteroatoms. The Bertz CT molecular complexity index is 911. The Morgan fingerprint density at radius 3 is 2.41 bits per heavy atom. The van der Waals surface area contributed by atoms with Gasteiger partial charge < -0.3 is 15.2 Å². The van der Waals surface area contributed by atoms with Crippen LogP contribution in [0.1, 0.15) is 42.1 Å². The Morgan fingerprint density at radius 2 is 1.79 bits per heavy atom. The lowest BCUT2D eigenvalue weighted by molar-refractivity contribution is 0.0696. The molecule has 0 amide bonds. The van der Waals surface area contributed by atoms with Crippen molar-refractivity contribution in [3.8, 4) is 5.75 Å². The van der Waals surface area contributed by atoms with E-state index in [4.69, 9.17) is 4.74 Å². The minimum Gasteiger partial charge on any atom is -0.497 e. The highest BCUT2D eigenvalue weighted by molar-refractivity contribution is 7.89. The molecule has 0 unspecified atom stereocenters. The maximum Gasteiger partial charge on any atom is 0.335 e. The lowest BCUT2D eigenvalue weighted by atomic mass is 10.1. The van der Waals surface area contributed by atoms with Crippen molar-refractivity contribution in [2.75, 3.05) is 25.5 Å². The summed E-state index contributed by atoms with van der Waals surface area (Å²) in [6.45, 7) is 2.85. The van der Waals surface area contributed by atoms with Crippen LogP contribution >= 0.6 is 0 Å². The molecule has 0 aliphatic heterocycles. The van der Waals surface area contributed by atoms with Crippen molar-refractivity contribution in [1.29, 1.82) is 0 Å². The zero-order valence-electron chi connectivity index (χ0n) is 16.8. The molecular weight excluding hydrogens is 392 g/mol. The van der Waals surface area contributed by atoms with Crippen molar-refractivity contribution in [1.82, 2.24) is 4.72 Å². The number of methoxy groups -OCH3 is 1. The predicted octanol–water partition coefficient (Wildman–Crippen LogP) is 3.52. The second-order valence-corrected chi connectivity index (χ2v) is 8.38. The van der Waals surface area contributed by atoms with E-state index in [1.165, 1.54) is 18.2 Å². The van der Waals surface area contributed by atoms with Crippen molar-refractivity contribution in [3.05, 3.63) is 53.6 Å². The smallest absolute Gasteiger partial charge is 0.335 e. The molecule has 3 N–H and O–H groups in total. The number of carbonyl (C=O) groups is 1. The van der Waals surface area contributed by atoms with Crippen LogP contribution in [0, 0.1) is 0 Å². The molecule has 0 aliphatic rings. The van der Waals surface area contributed by atoms with Crippen LogP contribution in [-0.2, 0) is 16.4 Å². The molecule has 0 radical (unpaired) electrons. The van der Waals surface area contributed by atoms with Gasteiger partial charge in [0.15, 0.2) is 0 Å². The number of carboxylic acid groups (broad SMARTS) is 1. The lowest BCUT2D eigenvalue weighted by Gasteiger charge is -2.14. The first-order valence-corrected chi connectivity index (χ1v) is 11.1. The first kappa shape index (κ1) is 22.7. The van der Waals surface area contributed by atoms with E-state index < -0.39 is 16.0 Å². The summed E-state index contributed by atoms with van der Waals surface area (Å²) in [6, 6.07) is 11.7. The van der Waals surface area contributed by atoms with E-state index in [9.17, 15) is 18.3 Å². The summed E-state index contributed by atoms with van der Waals surface area (Å²) in [5.74, 6) is -0.397. The normalized spacial score (nSPS) is 11.2. The zero-order chi connectivity index (χ0) is 21.3. The summed E-state index contributed by atoms with van der Waals surface area (Å²) in [6.07, 6.45) is 3.31. The van der Waals surface area contributed by atoms with E-state index in [0.717, 1.165) is 30.6 Å². The van der Waals surface area contributed by atoms with Crippen LogP contribution in [0.2, 0.25) is 0 Å². The molecule has 0 bridgehead atoms. The third kappa shape index (κ3) is 6.76. The van der Waals surface area contributed by atoms with Crippen LogP contribution in [0.3, 0.4) is 0 Å². The van der Waals surface area contributed by atoms with E-state index >= 15 is 0 Å². The molecular formula is C21H28N2O5S. The number of nitrogens with one attached hydrogen (secondary N) is 2. The standard InChI is InChI=1S/C21H28N2O5S/c1-3-4-5-13-23-29(26,27)20-15-17(21(24)25)8-11-19(20)22-14-12-16-6-9-18(28-2)10-7-16/h6-11,15,22-23H,3-5,12-14H2,1-2H3,(H,24,25). The molecule has 0 saturated carbocycles. The molecule has 0 heterocycles. The number of benzene rings is 2. The molecule has 0 fully saturated rings. The topological polar surface area (TPSA) is 105 Å². The highest BCUT2D eigenvalue weighted by atomic mass is 32.2. The molecule has 2 aromatic rings. The summed E-state index contributed by atoms with van der Waals surface area (Å²) in [7, 11) is -2.22. The van der Waals surface area contributed by atoms with Crippen LogP contribution in [0.5, 0.6) is 5.75 Å². The highest BCUT2D eigenvalue weighted by Crippen LogP contribution is 2.23. The number of unbranched alkanes of at least 4 members (excludes halogenated alkanes) is 2. The fourth-order valence-corrected chi connectivity index (χ4v) is 4.10. The molecule has 2 aromatic carbocycles. The molecule has 0 aliphatic carbocycles. The Hall–Kier alpha value is -2.58. The number of sulfonamides is 1. The number of ether oxygens (including phenoxy) is 1. The van der Waals surface area contributed by atoms with Gasteiger partial charge in [-0.1, -0.05) is 31.9 Å². The van der Waals surface area contributed by atoms with Gasteiger partial charge in [-0.15, -0.1) is 0 Å². The molecule has 0 saturated heterocycles. The maximum absolute atomic E-state index is 12.7. The van der Waals surface area contributed by atoms with Gasteiger partial charge in [-0.2, -0.15) is 0 Å². The van der Waals surface area contributed by atoms with E-state index in [1.54, 1.807) is 7.11 Å². The van der Waals surface area contributed by atoms with Crippen molar-refractivity contribution >= 4 is 21.7 Å². The van der Waals surface area contributed by atoms with E-state index in [2.05, 4.69) is 10.0 Å². The van der Waals surface area contributed by atoms with Crippen LogP contribution in [-0.4, -0.2) is 39.7 Å². The first-order valence-electron chi connectivity index (χ1n) is 9.61.